The summed E-state index contributed by atoms with van der Waals surface area (Å²) in [6, 6.07) is 14.2. The van der Waals surface area contributed by atoms with Gasteiger partial charge in [-0.25, -0.2) is 9.78 Å². The molecule has 1 aliphatic heterocycles. The SMILES string of the molecule is CC1(C)OCC(Cn2c(=O)[nH]c3nc(-c4ccccc4Cl)n(-c4ccc(Cl)cc4)c3c2=O)O1. The predicted molar refractivity (Wildman–Crippen MR) is 126 cm³/mol. The molecule has 1 fully saturated rings. The van der Waals surface area contributed by atoms with Crippen LogP contribution in [-0.2, 0) is 16.0 Å². The highest BCUT2D eigenvalue weighted by Gasteiger charge is 2.33. The molecule has 0 bridgehead atoms. The first-order valence-electron chi connectivity index (χ1n) is 10.3. The van der Waals surface area contributed by atoms with E-state index in [0.29, 0.717) is 27.1 Å². The predicted octanol–water partition coefficient (Wildman–Crippen LogP) is 4.00. The largest absolute Gasteiger partial charge is 0.348 e. The van der Waals surface area contributed by atoms with Gasteiger partial charge in [0.25, 0.3) is 5.56 Å². The lowest BCUT2D eigenvalue weighted by Gasteiger charge is -2.17. The molecule has 1 unspecified atom stereocenters. The van der Waals surface area contributed by atoms with Gasteiger partial charge in [-0.05, 0) is 50.2 Å². The Morgan fingerprint density at radius 3 is 2.52 bits per heavy atom. The number of rotatable bonds is 4. The van der Waals surface area contributed by atoms with Crippen molar-refractivity contribution in [1.29, 1.82) is 0 Å². The van der Waals surface area contributed by atoms with E-state index >= 15 is 0 Å². The smallest absolute Gasteiger partial charge is 0.330 e. The summed E-state index contributed by atoms with van der Waals surface area (Å²) in [7, 11) is 0. The van der Waals surface area contributed by atoms with E-state index in [-0.39, 0.29) is 24.3 Å². The van der Waals surface area contributed by atoms with Crippen LogP contribution in [0.2, 0.25) is 10.0 Å². The van der Waals surface area contributed by atoms with Crippen molar-refractivity contribution in [2.24, 2.45) is 0 Å². The van der Waals surface area contributed by atoms with Crippen molar-refractivity contribution in [1.82, 2.24) is 19.1 Å². The number of aromatic nitrogens is 4. The topological polar surface area (TPSA) is 91.1 Å². The zero-order chi connectivity index (χ0) is 23.3. The molecule has 0 spiro atoms. The van der Waals surface area contributed by atoms with Crippen molar-refractivity contribution in [2.75, 3.05) is 6.61 Å². The number of halogens is 2. The van der Waals surface area contributed by atoms with Crippen molar-refractivity contribution in [3.05, 3.63) is 79.4 Å². The van der Waals surface area contributed by atoms with Gasteiger partial charge in [-0.15, -0.1) is 0 Å². The second-order valence-electron chi connectivity index (χ2n) is 8.22. The van der Waals surface area contributed by atoms with Gasteiger partial charge in [0.15, 0.2) is 17.0 Å². The van der Waals surface area contributed by atoms with Gasteiger partial charge in [-0.1, -0.05) is 35.3 Å². The number of hydrogen-bond donors (Lipinski definition) is 1. The molecule has 0 radical (unpaired) electrons. The summed E-state index contributed by atoms with van der Waals surface area (Å²) in [6.07, 6.45) is -0.439. The molecule has 0 amide bonds. The maximum Gasteiger partial charge on any atom is 0.330 e. The first-order chi connectivity index (χ1) is 15.7. The molecule has 3 heterocycles. The van der Waals surface area contributed by atoms with Crippen LogP contribution in [0.25, 0.3) is 28.2 Å². The van der Waals surface area contributed by atoms with Crippen molar-refractivity contribution < 1.29 is 9.47 Å². The molecule has 0 aliphatic carbocycles. The number of imidazole rings is 1. The van der Waals surface area contributed by atoms with Crippen molar-refractivity contribution >= 4 is 34.4 Å². The Morgan fingerprint density at radius 1 is 1.12 bits per heavy atom. The quantitative estimate of drug-likeness (QED) is 0.470. The van der Waals surface area contributed by atoms with E-state index in [1.54, 1.807) is 60.9 Å². The molecule has 2 aromatic carbocycles. The molecule has 0 saturated carbocycles. The molecule has 8 nitrogen and oxygen atoms in total. The number of benzene rings is 2. The number of hydrogen-bond acceptors (Lipinski definition) is 5. The van der Waals surface area contributed by atoms with Gasteiger partial charge in [0.2, 0.25) is 0 Å². The summed E-state index contributed by atoms with van der Waals surface area (Å²) in [5.41, 5.74) is 0.565. The van der Waals surface area contributed by atoms with Crippen LogP contribution < -0.4 is 11.2 Å². The molecule has 170 valence electrons. The van der Waals surface area contributed by atoms with Gasteiger partial charge < -0.3 is 9.47 Å². The van der Waals surface area contributed by atoms with Crippen LogP contribution in [0.1, 0.15) is 13.8 Å². The van der Waals surface area contributed by atoms with E-state index in [1.807, 2.05) is 6.07 Å². The van der Waals surface area contributed by atoms with Crippen LogP contribution in [0.5, 0.6) is 0 Å². The van der Waals surface area contributed by atoms with Crippen LogP contribution >= 0.6 is 23.2 Å². The third-order valence-electron chi connectivity index (χ3n) is 5.45. The number of ether oxygens (including phenoxy) is 2. The second kappa shape index (κ2) is 8.14. The Hall–Kier alpha value is -2.91. The van der Waals surface area contributed by atoms with E-state index < -0.39 is 23.1 Å². The fraction of sp³-hybridized carbons (Fsp3) is 0.261. The summed E-state index contributed by atoms with van der Waals surface area (Å²) in [5.74, 6) is -0.349. The van der Waals surface area contributed by atoms with E-state index in [1.165, 1.54) is 0 Å². The van der Waals surface area contributed by atoms with Gasteiger partial charge in [0, 0.05) is 16.3 Å². The van der Waals surface area contributed by atoms with E-state index in [0.717, 1.165) is 4.57 Å². The monoisotopic (exact) mass is 486 g/mol. The highest BCUT2D eigenvalue weighted by molar-refractivity contribution is 6.33. The Kier molecular flexibility index (Phi) is 5.41. The van der Waals surface area contributed by atoms with Gasteiger partial charge in [-0.3, -0.25) is 18.9 Å². The third kappa shape index (κ3) is 4.00. The molecule has 33 heavy (non-hydrogen) atoms. The highest BCUT2D eigenvalue weighted by atomic mass is 35.5. The molecule has 1 saturated heterocycles. The first-order valence-corrected chi connectivity index (χ1v) is 11.1. The normalized spacial score (nSPS) is 17.6. The van der Waals surface area contributed by atoms with Crippen LogP contribution in [0.3, 0.4) is 0 Å². The molecule has 2 aromatic heterocycles. The summed E-state index contributed by atoms with van der Waals surface area (Å²) in [4.78, 5) is 33.8. The van der Waals surface area contributed by atoms with Gasteiger partial charge in [-0.2, -0.15) is 0 Å². The van der Waals surface area contributed by atoms with Crippen LogP contribution in [0.4, 0.5) is 0 Å². The molecule has 1 atom stereocenters. The summed E-state index contributed by atoms with van der Waals surface area (Å²) < 4.78 is 14.2. The Balaban J connectivity index is 1.75. The number of nitrogens with one attached hydrogen (secondary N) is 1. The summed E-state index contributed by atoms with van der Waals surface area (Å²) in [6.45, 7) is 3.89. The second-order valence-corrected chi connectivity index (χ2v) is 9.06. The molecular formula is C23H20Cl2N4O4. The third-order valence-corrected chi connectivity index (χ3v) is 6.03. The molecule has 1 aliphatic rings. The number of H-pyrrole nitrogens is 1. The van der Waals surface area contributed by atoms with Gasteiger partial charge in [0.05, 0.1) is 18.2 Å². The van der Waals surface area contributed by atoms with E-state index in [2.05, 4.69) is 9.97 Å². The van der Waals surface area contributed by atoms with Crippen LogP contribution in [0.15, 0.2) is 58.1 Å². The summed E-state index contributed by atoms with van der Waals surface area (Å²) >= 11 is 12.5. The Bertz CT molecular complexity index is 1470. The Morgan fingerprint density at radius 2 is 1.85 bits per heavy atom. The fourth-order valence-electron chi connectivity index (χ4n) is 3.98. The van der Waals surface area contributed by atoms with Crippen LogP contribution in [-0.4, -0.2) is 37.6 Å². The highest BCUT2D eigenvalue weighted by Crippen LogP contribution is 2.31. The van der Waals surface area contributed by atoms with Gasteiger partial charge in [0.1, 0.15) is 11.9 Å². The van der Waals surface area contributed by atoms with E-state index in [9.17, 15) is 9.59 Å². The minimum Gasteiger partial charge on any atom is -0.348 e. The maximum absolute atomic E-state index is 13.6. The molecule has 1 N–H and O–H groups in total. The van der Waals surface area contributed by atoms with Crippen LogP contribution in [0, 0.1) is 0 Å². The zero-order valence-electron chi connectivity index (χ0n) is 17.8. The molecular weight excluding hydrogens is 467 g/mol. The Labute approximate surface area is 198 Å². The lowest BCUT2D eigenvalue weighted by molar-refractivity contribution is -0.139. The first kappa shape index (κ1) is 21.9. The number of fused-ring (bicyclic) bond motifs is 1. The molecule has 10 heteroatoms. The summed E-state index contributed by atoms with van der Waals surface area (Å²) in [5, 5.41) is 1.01. The average Bonchev–Trinajstić information content (AvgIpc) is 3.31. The minimum absolute atomic E-state index is 0.0424. The molecule has 5 rings (SSSR count). The minimum atomic E-state index is -0.770. The lowest BCUT2D eigenvalue weighted by Crippen LogP contribution is -2.39. The zero-order valence-corrected chi connectivity index (χ0v) is 19.4. The van der Waals surface area contributed by atoms with Crippen molar-refractivity contribution in [3.63, 3.8) is 0 Å². The van der Waals surface area contributed by atoms with Crippen molar-refractivity contribution in [3.8, 4) is 17.1 Å². The lowest BCUT2D eigenvalue weighted by atomic mass is 10.2. The van der Waals surface area contributed by atoms with E-state index in [4.69, 9.17) is 32.7 Å². The van der Waals surface area contributed by atoms with Crippen molar-refractivity contribution in [2.45, 2.75) is 32.3 Å². The maximum atomic E-state index is 13.6. The average molecular weight is 487 g/mol. The number of nitrogens with zero attached hydrogens (tertiary/aromatic N) is 3. The fourth-order valence-corrected chi connectivity index (χ4v) is 4.33. The standard InChI is InChI=1S/C23H20Cl2N4O4/c1-23(2)32-12-15(33-23)11-28-21(30)18-19(27-22(28)31)26-20(16-5-3-4-6-17(16)25)29(18)14-9-7-13(24)8-10-14/h3-10,15H,11-12H2,1-2H3,(H,27,31). The number of aromatic amines is 1. The van der Waals surface area contributed by atoms with Gasteiger partial charge >= 0.3 is 5.69 Å². The molecule has 4 aromatic rings.